The van der Waals surface area contributed by atoms with Gasteiger partial charge in [-0.3, -0.25) is 0 Å². The molecule has 0 bridgehead atoms. The van der Waals surface area contributed by atoms with Crippen molar-refractivity contribution < 1.29 is 0 Å². The molecule has 0 atom stereocenters. The molecule has 0 radical (unpaired) electrons. The number of hydrogen-bond donors (Lipinski definition) is 2. The summed E-state index contributed by atoms with van der Waals surface area (Å²) in [5, 5.41) is 2.55. The van der Waals surface area contributed by atoms with E-state index in [1.165, 1.54) is 49.6 Å². The van der Waals surface area contributed by atoms with Gasteiger partial charge in [-0.1, -0.05) is 23.3 Å². The summed E-state index contributed by atoms with van der Waals surface area (Å²) in [6.07, 6.45) is 6.38. The van der Waals surface area contributed by atoms with Gasteiger partial charge in [0.2, 0.25) is 0 Å². The lowest BCUT2D eigenvalue weighted by atomic mass is 9.99. The molecule has 0 fully saturated rings. The Kier molecular flexibility index (Phi) is 3.13. The van der Waals surface area contributed by atoms with Gasteiger partial charge in [-0.15, -0.1) is 0 Å². The van der Waals surface area contributed by atoms with E-state index < -0.39 is 0 Å². The van der Waals surface area contributed by atoms with Crippen LogP contribution in [0, 0.1) is 13.8 Å². The van der Waals surface area contributed by atoms with Crippen molar-refractivity contribution in [3.8, 4) is 22.4 Å². The first kappa shape index (κ1) is 15.1. The van der Waals surface area contributed by atoms with E-state index in [1.54, 1.807) is 0 Å². The minimum absolute atomic E-state index is 1.16. The molecule has 5 rings (SSSR count). The lowest BCUT2D eigenvalue weighted by Gasteiger charge is -2.04. The number of hydrogen-bond acceptors (Lipinski definition) is 0. The highest BCUT2D eigenvalue weighted by Crippen LogP contribution is 2.39. The van der Waals surface area contributed by atoms with Crippen molar-refractivity contribution >= 4 is 21.8 Å². The van der Waals surface area contributed by atoms with Crippen LogP contribution in [0.4, 0.5) is 0 Å². The molecule has 2 aromatic carbocycles. The molecule has 26 heavy (non-hydrogen) atoms. The van der Waals surface area contributed by atoms with Gasteiger partial charge in [-0.2, -0.15) is 0 Å². The summed E-state index contributed by atoms with van der Waals surface area (Å²) in [5.41, 5.74) is 9.86. The summed E-state index contributed by atoms with van der Waals surface area (Å²) in [7, 11) is 2.11. The first-order chi connectivity index (χ1) is 12.6. The topological polar surface area (TPSA) is 36.5 Å². The van der Waals surface area contributed by atoms with Crippen LogP contribution in [-0.2, 0) is 7.05 Å². The Morgan fingerprint density at radius 3 is 2.38 bits per heavy atom. The maximum atomic E-state index is 3.48. The summed E-state index contributed by atoms with van der Waals surface area (Å²) in [4.78, 5) is 6.89. The normalized spacial score (nSPS) is 11.7. The average molecular weight is 339 g/mol. The van der Waals surface area contributed by atoms with Crippen LogP contribution in [0.3, 0.4) is 0 Å². The molecule has 3 heterocycles. The predicted molar refractivity (Wildman–Crippen MR) is 109 cm³/mol. The molecule has 0 saturated heterocycles. The average Bonchev–Trinajstić information content (AvgIpc) is 3.31. The van der Waals surface area contributed by atoms with Crippen LogP contribution in [0.5, 0.6) is 0 Å². The number of nitrogens with zero attached hydrogens (tertiary/aromatic N) is 1. The van der Waals surface area contributed by atoms with Crippen LogP contribution in [0.2, 0.25) is 0 Å². The van der Waals surface area contributed by atoms with Crippen LogP contribution in [-0.4, -0.2) is 14.5 Å². The third kappa shape index (κ3) is 2.14. The van der Waals surface area contributed by atoms with Crippen molar-refractivity contribution in [2.75, 3.05) is 0 Å². The Balaban J connectivity index is 1.78. The van der Waals surface area contributed by atoms with Gasteiger partial charge in [-0.25, -0.2) is 0 Å². The maximum Gasteiger partial charge on any atom is 0.0556 e. The van der Waals surface area contributed by atoms with Gasteiger partial charge in [0, 0.05) is 64.1 Å². The van der Waals surface area contributed by atoms with Crippen molar-refractivity contribution in [2.45, 2.75) is 13.8 Å². The van der Waals surface area contributed by atoms with Crippen LogP contribution in [0.25, 0.3) is 44.2 Å². The second kappa shape index (κ2) is 5.40. The Bertz CT molecular complexity index is 1260. The minimum Gasteiger partial charge on any atom is -0.361 e. The molecule has 0 aliphatic rings. The quantitative estimate of drug-likeness (QED) is 0.399. The zero-order chi connectivity index (χ0) is 17.8. The standard InChI is InChI=1S/C23H21N3/c1-14-4-6-21-17(10-14)19(12-25-21)23-16(8-9-24-23)20-13-26(3)22-7-5-15(2)11-18(20)22/h4-13,24-25H,1-3H3. The smallest absolute Gasteiger partial charge is 0.0556 e. The molecular weight excluding hydrogens is 318 g/mol. The summed E-state index contributed by atoms with van der Waals surface area (Å²) in [5.74, 6) is 0. The number of fused-ring (bicyclic) bond motifs is 2. The molecule has 2 N–H and O–H groups in total. The van der Waals surface area contributed by atoms with E-state index in [-0.39, 0.29) is 0 Å². The van der Waals surface area contributed by atoms with E-state index in [0.29, 0.717) is 0 Å². The Morgan fingerprint density at radius 2 is 1.54 bits per heavy atom. The van der Waals surface area contributed by atoms with E-state index in [4.69, 9.17) is 0 Å². The molecule has 0 unspecified atom stereocenters. The molecule has 0 aliphatic heterocycles. The fraction of sp³-hybridized carbons (Fsp3) is 0.130. The third-order valence-corrected chi connectivity index (χ3v) is 5.29. The van der Waals surface area contributed by atoms with Crippen molar-refractivity contribution in [2.24, 2.45) is 7.05 Å². The highest BCUT2D eigenvalue weighted by atomic mass is 14.9. The van der Waals surface area contributed by atoms with Gasteiger partial charge in [-0.05, 0) is 44.2 Å². The van der Waals surface area contributed by atoms with Gasteiger partial charge in [0.1, 0.15) is 0 Å². The number of aromatic amines is 2. The second-order valence-corrected chi connectivity index (χ2v) is 7.19. The molecule has 3 nitrogen and oxygen atoms in total. The van der Waals surface area contributed by atoms with Crippen molar-refractivity contribution in [1.29, 1.82) is 0 Å². The van der Waals surface area contributed by atoms with Crippen LogP contribution < -0.4 is 0 Å². The summed E-state index contributed by atoms with van der Waals surface area (Å²) >= 11 is 0. The fourth-order valence-corrected chi connectivity index (χ4v) is 3.98. The molecular formula is C23H21N3. The van der Waals surface area contributed by atoms with Crippen LogP contribution in [0.15, 0.2) is 61.1 Å². The van der Waals surface area contributed by atoms with E-state index >= 15 is 0 Å². The van der Waals surface area contributed by atoms with Gasteiger partial charge >= 0.3 is 0 Å². The minimum atomic E-state index is 1.16. The molecule has 3 heteroatoms. The Hall–Kier alpha value is -3.20. The van der Waals surface area contributed by atoms with Crippen LogP contribution in [0.1, 0.15) is 11.1 Å². The Morgan fingerprint density at radius 1 is 0.769 bits per heavy atom. The number of H-pyrrole nitrogens is 2. The maximum absolute atomic E-state index is 3.48. The van der Waals surface area contributed by atoms with E-state index in [0.717, 1.165) is 5.69 Å². The number of nitrogens with one attached hydrogen (secondary N) is 2. The van der Waals surface area contributed by atoms with Gasteiger partial charge in [0.25, 0.3) is 0 Å². The first-order valence-corrected chi connectivity index (χ1v) is 8.93. The SMILES string of the molecule is Cc1ccc2[nH]cc(-c3[nH]ccc3-c3cn(C)c4ccc(C)cc34)c2c1. The van der Waals surface area contributed by atoms with Gasteiger partial charge in [0.05, 0.1) is 5.69 Å². The number of rotatable bonds is 2. The predicted octanol–water partition coefficient (Wildman–Crippen LogP) is 5.94. The summed E-state index contributed by atoms with van der Waals surface area (Å²) in [6.45, 7) is 4.29. The molecule has 0 amide bonds. The highest BCUT2D eigenvalue weighted by molar-refractivity contribution is 6.04. The lowest BCUT2D eigenvalue weighted by Crippen LogP contribution is -1.82. The zero-order valence-corrected chi connectivity index (χ0v) is 15.2. The lowest BCUT2D eigenvalue weighted by molar-refractivity contribution is 0.970. The van der Waals surface area contributed by atoms with Gasteiger partial charge in [0.15, 0.2) is 0 Å². The number of aryl methyl sites for hydroxylation is 3. The molecule has 0 spiro atoms. The molecule has 5 aromatic rings. The van der Waals surface area contributed by atoms with Crippen LogP contribution >= 0.6 is 0 Å². The van der Waals surface area contributed by atoms with Gasteiger partial charge < -0.3 is 14.5 Å². The molecule has 128 valence electrons. The van der Waals surface area contributed by atoms with Crippen molar-refractivity contribution in [3.05, 3.63) is 72.2 Å². The van der Waals surface area contributed by atoms with E-state index in [1.807, 2.05) is 6.20 Å². The monoisotopic (exact) mass is 339 g/mol. The fourth-order valence-electron chi connectivity index (χ4n) is 3.98. The third-order valence-electron chi connectivity index (χ3n) is 5.29. The second-order valence-electron chi connectivity index (χ2n) is 7.19. The van der Waals surface area contributed by atoms with Crippen molar-refractivity contribution in [3.63, 3.8) is 0 Å². The highest BCUT2D eigenvalue weighted by Gasteiger charge is 2.16. The van der Waals surface area contributed by atoms with Crippen molar-refractivity contribution in [1.82, 2.24) is 14.5 Å². The molecule has 0 aliphatic carbocycles. The zero-order valence-electron chi connectivity index (χ0n) is 15.2. The number of aromatic nitrogens is 3. The Labute approximate surface area is 152 Å². The van der Waals surface area contributed by atoms with E-state index in [2.05, 4.69) is 90.3 Å². The summed E-state index contributed by atoms with van der Waals surface area (Å²) in [6, 6.07) is 15.4. The largest absolute Gasteiger partial charge is 0.361 e. The molecule has 0 saturated carbocycles. The van der Waals surface area contributed by atoms with E-state index in [9.17, 15) is 0 Å². The number of benzene rings is 2. The summed E-state index contributed by atoms with van der Waals surface area (Å²) < 4.78 is 2.21. The molecule has 3 aromatic heterocycles. The first-order valence-electron chi connectivity index (χ1n) is 8.93.